The third-order valence-electron chi connectivity index (χ3n) is 4.46. The van der Waals surface area contributed by atoms with Gasteiger partial charge in [-0.2, -0.15) is 0 Å². The first kappa shape index (κ1) is 17.7. The van der Waals surface area contributed by atoms with Gasteiger partial charge in [0.15, 0.2) is 5.76 Å². The highest BCUT2D eigenvalue weighted by molar-refractivity contribution is 6.01. The van der Waals surface area contributed by atoms with Crippen LogP contribution in [0.25, 0.3) is 0 Å². The van der Waals surface area contributed by atoms with Gasteiger partial charge < -0.3 is 19.4 Å². The summed E-state index contributed by atoms with van der Waals surface area (Å²) in [6.45, 7) is 2.33. The van der Waals surface area contributed by atoms with Crippen LogP contribution < -0.4 is 5.32 Å². The number of esters is 1. The van der Waals surface area contributed by atoms with E-state index < -0.39 is 12.0 Å². The minimum atomic E-state index is -0.575. The van der Waals surface area contributed by atoms with Crippen LogP contribution in [0.2, 0.25) is 0 Å². The number of nitrogens with zero attached hydrogens (tertiary/aromatic N) is 1. The number of hydrogen-bond acceptors (Lipinski definition) is 5. The molecule has 7 heteroatoms. The summed E-state index contributed by atoms with van der Waals surface area (Å²) < 4.78 is 9.86. The van der Waals surface area contributed by atoms with Crippen LogP contribution in [0, 0.1) is 6.92 Å². The van der Waals surface area contributed by atoms with Crippen molar-refractivity contribution in [1.82, 2.24) is 4.90 Å². The molecule has 2 heterocycles. The minimum Gasteiger partial charge on any atom is -0.465 e. The molecule has 1 saturated heterocycles. The van der Waals surface area contributed by atoms with Crippen molar-refractivity contribution >= 4 is 23.5 Å². The molecule has 3 rings (SSSR count). The first-order valence-corrected chi connectivity index (χ1v) is 8.35. The number of furan rings is 1. The molecular weight excluding hydrogens is 336 g/mol. The van der Waals surface area contributed by atoms with Crippen molar-refractivity contribution in [3.63, 3.8) is 0 Å². The number of ether oxygens (including phenoxy) is 1. The van der Waals surface area contributed by atoms with Crippen LogP contribution in [-0.4, -0.2) is 42.4 Å². The zero-order chi connectivity index (χ0) is 18.7. The van der Waals surface area contributed by atoms with Gasteiger partial charge in [-0.25, -0.2) is 4.79 Å². The molecule has 2 aromatic rings. The lowest BCUT2D eigenvalue weighted by Gasteiger charge is -2.23. The van der Waals surface area contributed by atoms with E-state index in [1.807, 2.05) is 6.92 Å². The van der Waals surface area contributed by atoms with E-state index >= 15 is 0 Å². The van der Waals surface area contributed by atoms with E-state index in [1.54, 1.807) is 30.3 Å². The van der Waals surface area contributed by atoms with E-state index in [4.69, 9.17) is 9.15 Å². The summed E-state index contributed by atoms with van der Waals surface area (Å²) in [6, 6.07) is 7.60. The lowest BCUT2D eigenvalue weighted by atomic mass is 10.1. The number of anilines is 1. The molecule has 1 fully saturated rings. The Bertz CT molecular complexity index is 828. The summed E-state index contributed by atoms with van der Waals surface area (Å²) >= 11 is 0. The van der Waals surface area contributed by atoms with E-state index in [9.17, 15) is 14.4 Å². The van der Waals surface area contributed by atoms with E-state index in [2.05, 4.69) is 5.32 Å². The quantitative estimate of drug-likeness (QED) is 0.851. The number of rotatable bonds is 4. The molecule has 2 amide bonds. The van der Waals surface area contributed by atoms with E-state index in [0.29, 0.717) is 24.2 Å². The Balaban J connectivity index is 1.77. The van der Waals surface area contributed by atoms with E-state index in [1.165, 1.54) is 18.3 Å². The molecule has 1 atom stereocenters. The van der Waals surface area contributed by atoms with Crippen molar-refractivity contribution < 1.29 is 23.5 Å². The maximum atomic E-state index is 12.8. The van der Waals surface area contributed by atoms with Gasteiger partial charge in [0.25, 0.3) is 5.91 Å². The van der Waals surface area contributed by atoms with Crippen LogP contribution in [0.4, 0.5) is 5.69 Å². The minimum absolute atomic E-state index is 0.216. The van der Waals surface area contributed by atoms with Gasteiger partial charge in [0, 0.05) is 12.2 Å². The third kappa shape index (κ3) is 3.46. The average molecular weight is 356 g/mol. The van der Waals surface area contributed by atoms with Gasteiger partial charge in [-0.05, 0) is 49.6 Å². The predicted octanol–water partition coefficient (Wildman–Crippen LogP) is 2.62. The zero-order valence-electron chi connectivity index (χ0n) is 14.7. The molecule has 136 valence electrons. The smallest absolute Gasteiger partial charge is 0.337 e. The number of likely N-dealkylation sites (tertiary alicyclic amines) is 1. The Morgan fingerprint density at radius 1 is 1.27 bits per heavy atom. The van der Waals surface area contributed by atoms with Crippen LogP contribution >= 0.6 is 0 Å². The largest absolute Gasteiger partial charge is 0.465 e. The first-order valence-electron chi connectivity index (χ1n) is 8.35. The molecule has 1 aromatic carbocycles. The molecule has 0 bridgehead atoms. The fourth-order valence-corrected chi connectivity index (χ4v) is 3.04. The number of amides is 2. The second-order valence-corrected chi connectivity index (χ2v) is 6.14. The summed E-state index contributed by atoms with van der Waals surface area (Å²) in [5.41, 5.74) is 1.69. The van der Waals surface area contributed by atoms with E-state index in [0.717, 1.165) is 12.0 Å². The predicted molar refractivity (Wildman–Crippen MR) is 93.9 cm³/mol. The van der Waals surface area contributed by atoms with Crippen LogP contribution in [0.1, 0.15) is 39.3 Å². The van der Waals surface area contributed by atoms with Gasteiger partial charge >= 0.3 is 5.97 Å². The summed E-state index contributed by atoms with van der Waals surface area (Å²) in [7, 11) is 1.30. The van der Waals surface area contributed by atoms with E-state index in [-0.39, 0.29) is 17.6 Å². The van der Waals surface area contributed by atoms with Crippen LogP contribution in [0.15, 0.2) is 41.0 Å². The van der Waals surface area contributed by atoms with Crippen molar-refractivity contribution in [2.75, 3.05) is 19.0 Å². The number of carbonyl (C=O) groups is 3. The SMILES string of the molecule is COC(=O)c1ccc(C)c(NC(=O)C2CCCN2C(=O)c2ccco2)c1. The highest BCUT2D eigenvalue weighted by atomic mass is 16.5. The van der Waals surface area contributed by atoms with Gasteiger partial charge in [0.05, 0.1) is 18.9 Å². The molecule has 0 saturated carbocycles. The van der Waals surface area contributed by atoms with Gasteiger partial charge in [0.2, 0.25) is 5.91 Å². The van der Waals surface area contributed by atoms with Crippen molar-refractivity contribution in [3.05, 3.63) is 53.5 Å². The molecule has 1 aliphatic rings. The Hall–Kier alpha value is -3.09. The lowest BCUT2D eigenvalue weighted by Crippen LogP contribution is -2.43. The van der Waals surface area contributed by atoms with Gasteiger partial charge in [-0.15, -0.1) is 0 Å². The molecule has 1 aromatic heterocycles. The second-order valence-electron chi connectivity index (χ2n) is 6.14. The van der Waals surface area contributed by atoms with Crippen molar-refractivity contribution in [3.8, 4) is 0 Å². The fourth-order valence-electron chi connectivity index (χ4n) is 3.04. The third-order valence-corrected chi connectivity index (χ3v) is 4.46. The number of nitrogens with one attached hydrogen (secondary N) is 1. The summed E-state index contributed by atoms with van der Waals surface area (Å²) in [5, 5.41) is 2.83. The first-order chi connectivity index (χ1) is 12.5. The van der Waals surface area contributed by atoms with Crippen LogP contribution in [0.5, 0.6) is 0 Å². The van der Waals surface area contributed by atoms with Crippen LogP contribution in [-0.2, 0) is 9.53 Å². The molecule has 1 aliphatic heterocycles. The highest BCUT2D eigenvalue weighted by Gasteiger charge is 2.35. The maximum Gasteiger partial charge on any atom is 0.337 e. The molecule has 0 radical (unpaired) electrons. The molecule has 1 N–H and O–H groups in total. The number of carbonyl (C=O) groups excluding carboxylic acids is 3. The average Bonchev–Trinajstić information content (AvgIpc) is 3.34. The maximum absolute atomic E-state index is 12.8. The molecular formula is C19H20N2O5. The number of aryl methyl sites for hydroxylation is 1. The molecule has 0 aliphatic carbocycles. The Kier molecular flexibility index (Phi) is 5.06. The summed E-state index contributed by atoms with van der Waals surface area (Å²) in [6.07, 6.45) is 2.75. The van der Waals surface area contributed by atoms with Gasteiger partial charge in [-0.1, -0.05) is 6.07 Å². The Morgan fingerprint density at radius 2 is 2.08 bits per heavy atom. The highest BCUT2D eigenvalue weighted by Crippen LogP contribution is 2.24. The molecule has 7 nitrogen and oxygen atoms in total. The topological polar surface area (TPSA) is 88.9 Å². The molecule has 1 unspecified atom stereocenters. The van der Waals surface area contributed by atoms with Crippen molar-refractivity contribution in [2.24, 2.45) is 0 Å². The molecule has 26 heavy (non-hydrogen) atoms. The van der Waals surface area contributed by atoms with Crippen molar-refractivity contribution in [1.29, 1.82) is 0 Å². The van der Waals surface area contributed by atoms with Gasteiger partial charge in [-0.3, -0.25) is 9.59 Å². The fraction of sp³-hybridized carbons (Fsp3) is 0.316. The number of methoxy groups -OCH3 is 1. The van der Waals surface area contributed by atoms with Crippen molar-refractivity contribution in [2.45, 2.75) is 25.8 Å². The monoisotopic (exact) mass is 356 g/mol. The number of hydrogen-bond donors (Lipinski definition) is 1. The van der Waals surface area contributed by atoms with Crippen LogP contribution in [0.3, 0.4) is 0 Å². The normalized spacial score (nSPS) is 16.4. The van der Waals surface area contributed by atoms with Gasteiger partial charge in [0.1, 0.15) is 6.04 Å². The number of benzene rings is 1. The lowest BCUT2D eigenvalue weighted by molar-refractivity contribution is -0.119. The second kappa shape index (κ2) is 7.43. The Morgan fingerprint density at radius 3 is 2.77 bits per heavy atom. The Labute approximate surface area is 150 Å². The summed E-state index contributed by atoms with van der Waals surface area (Å²) in [5.74, 6) is -0.843. The standard InChI is InChI=1S/C19H20N2O5/c1-12-7-8-13(19(24)25-2)11-14(12)20-17(22)15-5-3-9-21(15)18(23)16-6-4-10-26-16/h4,6-8,10-11,15H,3,5,9H2,1-2H3,(H,20,22). The zero-order valence-corrected chi connectivity index (χ0v) is 14.7. The summed E-state index contributed by atoms with van der Waals surface area (Å²) in [4.78, 5) is 38.5. The molecule has 0 spiro atoms.